The summed E-state index contributed by atoms with van der Waals surface area (Å²) in [4.78, 5) is 14.3. The summed E-state index contributed by atoms with van der Waals surface area (Å²) in [7, 11) is 0. The van der Waals surface area contributed by atoms with Gasteiger partial charge >= 0.3 is 0 Å². The van der Waals surface area contributed by atoms with Crippen molar-refractivity contribution in [2.24, 2.45) is 0 Å². The zero-order valence-corrected chi connectivity index (χ0v) is 19.5. The van der Waals surface area contributed by atoms with Crippen molar-refractivity contribution in [1.29, 1.82) is 0 Å². The Morgan fingerprint density at radius 1 is 0.417 bits per heavy atom. The average Bonchev–Trinajstić information content (AvgIpc) is 2.96. The Hall–Kier alpha value is -4.89. The van der Waals surface area contributed by atoms with Crippen LogP contribution in [0.15, 0.2) is 128 Å². The topological polar surface area (TPSA) is 38.7 Å². The third-order valence-electron chi connectivity index (χ3n) is 6.74. The van der Waals surface area contributed by atoms with Gasteiger partial charge in [-0.1, -0.05) is 84.9 Å². The minimum absolute atomic E-state index is 0.690. The molecule has 0 atom stereocenters. The molecule has 5 aromatic carbocycles. The van der Waals surface area contributed by atoms with Crippen LogP contribution in [-0.4, -0.2) is 15.0 Å². The Balaban J connectivity index is 1.55. The van der Waals surface area contributed by atoms with Gasteiger partial charge in [-0.15, -0.1) is 0 Å². The maximum absolute atomic E-state index is 5.12. The highest BCUT2D eigenvalue weighted by molar-refractivity contribution is 6.12. The fraction of sp³-hybridized carbons (Fsp3) is 0. The molecule has 0 saturated heterocycles. The predicted octanol–water partition coefficient (Wildman–Crippen LogP) is 8.33. The molecule has 168 valence electrons. The number of pyridine rings is 1. The summed E-state index contributed by atoms with van der Waals surface area (Å²) >= 11 is 0. The van der Waals surface area contributed by atoms with Gasteiger partial charge in [0.15, 0.2) is 5.82 Å². The SMILES string of the molecule is c1ccc2cc(-c3cc(-c4c5ccccc5cc5ccccc45)nc(-c4ccncc4)n3)ccc2c1. The summed E-state index contributed by atoms with van der Waals surface area (Å²) in [6, 6.07) is 40.3. The van der Waals surface area contributed by atoms with Gasteiger partial charge in [0.05, 0.1) is 11.4 Å². The molecule has 0 aliphatic carbocycles. The second kappa shape index (κ2) is 8.40. The van der Waals surface area contributed by atoms with Gasteiger partial charge in [-0.05, 0) is 62.6 Å². The number of hydrogen-bond donors (Lipinski definition) is 0. The predicted molar refractivity (Wildman–Crippen MR) is 149 cm³/mol. The molecule has 0 aliphatic rings. The fourth-order valence-electron chi connectivity index (χ4n) is 4.99. The molecule has 7 rings (SSSR count). The molecule has 0 spiro atoms. The smallest absolute Gasteiger partial charge is 0.160 e. The molecular formula is C33H21N3. The Morgan fingerprint density at radius 2 is 1.03 bits per heavy atom. The van der Waals surface area contributed by atoms with Crippen molar-refractivity contribution in [1.82, 2.24) is 15.0 Å². The van der Waals surface area contributed by atoms with Crippen LogP contribution in [0.3, 0.4) is 0 Å². The largest absolute Gasteiger partial charge is 0.265 e. The monoisotopic (exact) mass is 459 g/mol. The highest BCUT2D eigenvalue weighted by Gasteiger charge is 2.15. The van der Waals surface area contributed by atoms with Gasteiger partial charge < -0.3 is 0 Å². The molecule has 2 aromatic heterocycles. The molecule has 0 bridgehead atoms. The van der Waals surface area contributed by atoms with Crippen LogP contribution >= 0.6 is 0 Å². The molecule has 0 unspecified atom stereocenters. The van der Waals surface area contributed by atoms with Crippen molar-refractivity contribution in [2.75, 3.05) is 0 Å². The van der Waals surface area contributed by atoms with Gasteiger partial charge in [-0.25, -0.2) is 9.97 Å². The minimum Gasteiger partial charge on any atom is -0.265 e. The Bertz CT molecular complexity index is 1840. The third kappa shape index (κ3) is 3.50. The number of nitrogens with zero attached hydrogens (tertiary/aromatic N) is 3. The number of aromatic nitrogens is 3. The lowest BCUT2D eigenvalue weighted by molar-refractivity contribution is 1.18. The van der Waals surface area contributed by atoms with Crippen LogP contribution in [0, 0.1) is 0 Å². The lowest BCUT2D eigenvalue weighted by Gasteiger charge is -2.14. The standard InChI is InChI=1S/C33H21N3/c1-2-8-24-19-27(14-13-22(24)7-1)30-21-31(36-33(35-30)23-15-17-34-18-16-23)32-28-11-5-3-9-25(28)20-26-10-4-6-12-29(26)32/h1-21H. The molecule has 0 amide bonds. The second-order valence-corrected chi connectivity index (χ2v) is 8.95. The summed E-state index contributed by atoms with van der Waals surface area (Å²) < 4.78 is 0. The van der Waals surface area contributed by atoms with Crippen LogP contribution in [0.25, 0.3) is 66.2 Å². The van der Waals surface area contributed by atoms with Crippen LogP contribution < -0.4 is 0 Å². The quantitative estimate of drug-likeness (QED) is 0.249. The number of hydrogen-bond acceptors (Lipinski definition) is 3. The van der Waals surface area contributed by atoms with E-state index < -0.39 is 0 Å². The Kier molecular flexibility index (Phi) is 4.78. The normalized spacial score (nSPS) is 11.3. The first-order chi connectivity index (χ1) is 17.8. The molecule has 0 aliphatic heterocycles. The van der Waals surface area contributed by atoms with Gasteiger partial charge in [-0.2, -0.15) is 0 Å². The first-order valence-electron chi connectivity index (χ1n) is 12.0. The van der Waals surface area contributed by atoms with Crippen molar-refractivity contribution in [2.45, 2.75) is 0 Å². The summed E-state index contributed by atoms with van der Waals surface area (Å²) in [6.45, 7) is 0. The zero-order valence-electron chi connectivity index (χ0n) is 19.5. The second-order valence-electron chi connectivity index (χ2n) is 8.95. The summed E-state index contributed by atoms with van der Waals surface area (Å²) in [6.07, 6.45) is 3.57. The maximum Gasteiger partial charge on any atom is 0.160 e. The van der Waals surface area contributed by atoms with Gasteiger partial charge in [0.1, 0.15) is 0 Å². The molecule has 0 N–H and O–H groups in total. The van der Waals surface area contributed by atoms with Crippen LogP contribution in [0.1, 0.15) is 0 Å². The van der Waals surface area contributed by atoms with Gasteiger partial charge in [-0.3, -0.25) is 4.98 Å². The van der Waals surface area contributed by atoms with E-state index in [-0.39, 0.29) is 0 Å². The third-order valence-corrected chi connectivity index (χ3v) is 6.74. The first-order valence-corrected chi connectivity index (χ1v) is 12.0. The highest BCUT2D eigenvalue weighted by atomic mass is 14.9. The molecule has 0 fully saturated rings. The molecule has 3 heteroatoms. The van der Waals surface area contributed by atoms with E-state index in [4.69, 9.17) is 9.97 Å². The van der Waals surface area contributed by atoms with Gasteiger partial charge in [0, 0.05) is 29.1 Å². The van der Waals surface area contributed by atoms with E-state index in [1.807, 2.05) is 12.1 Å². The highest BCUT2D eigenvalue weighted by Crippen LogP contribution is 2.37. The molecule has 36 heavy (non-hydrogen) atoms. The number of benzene rings is 5. The van der Waals surface area contributed by atoms with E-state index in [1.165, 1.54) is 32.3 Å². The molecule has 0 radical (unpaired) electrons. The van der Waals surface area contributed by atoms with Crippen LogP contribution in [0.5, 0.6) is 0 Å². The molecular weight excluding hydrogens is 438 g/mol. The Morgan fingerprint density at radius 3 is 1.75 bits per heavy atom. The number of fused-ring (bicyclic) bond motifs is 3. The molecule has 2 heterocycles. The van der Waals surface area contributed by atoms with E-state index in [1.54, 1.807) is 12.4 Å². The fourth-order valence-corrected chi connectivity index (χ4v) is 4.99. The van der Waals surface area contributed by atoms with E-state index in [0.29, 0.717) is 5.82 Å². The number of rotatable bonds is 3. The Labute approximate surface area is 208 Å². The maximum atomic E-state index is 5.12. The minimum atomic E-state index is 0.690. The zero-order chi connectivity index (χ0) is 23.9. The van der Waals surface area contributed by atoms with Crippen LogP contribution in [0.4, 0.5) is 0 Å². The van der Waals surface area contributed by atoms with Crippen LogP contribution in [-0.2, 0) is 0 Å². The van der Waals surface area contributed by atoms with Gasteiger partial charge in [0.2, 0.25) is 0 Å². The molecule has 0 saturated carbocycles. The van der Waals surface area contributed by atoms with E-state index in [0.717, 1.165) is 28.1 Å². The summed E-state index contributed by atoms with van der Waals surface area (Å²) in [5.74, 6) is 0.690. The molecule has 7 aromatic rings. The van der Waals surface area contributed by atoms with E-state index in [9.17, 15) is 0 Å². The lowest BCUT2D eigenvalue weighted by Crippen LogP contribution is -1.97. The van der Waals surface area contributed by atoms with Crippen molar-refractivity contribution in [3.8, 4) is 33.9 Å². The van der Waals surface area contributed by atoms with Crippen molar-refractivity contribution >= 4 is 32.3 Å². The van der Waals surface area contributed by atoms with Gasteiger partial charge in [0.25, 0.3) is 0 Å². The van der Waals surface area contributed by atoms with E-state index in [2.05, 4.69) is 108 Å². The van der Waals surface area contributed by atoms with Crippen molar-refractivity contribution < 1.29 is 0 Å². The van der Waals surface area contributed by atoms with Crippen molar-refractivity contribution in [3.63, 3.8) is 0 Å². The van der Waals surface area contributed by atoms with Crippen molar-refractivity contribution in [3.05, 3.63) is 128 Å². The van der Waals surface area contributed by atoms with E-state index >= 15 is 0 Å². The molecule has 3 nitrogen and oxygen atoms in total. The first kappa shape index (κ1) is 20.5. The summed E-state index contributed by atoms with van der Waals surface area (Å²) in [5.41, 5.74) is 4.95. The summed E-state index contributed by atoms with van der Waals surface area (Å²) in [5, 5.41) is 7.16. The lowest BCUT2D eigenvalue weighted by atomic mass is 9.94. The van der Waals surface area contributed by atoms with Crippen LogP contribution in [0.2, 0.25) is 0 Å². The average molecular weight is 460 g/mol.